The van der Waals surface area contributed by atoms with Gasteiger partial charge in [-0.25, -0.2) is 33.6 Å². The van der Waals surface area contributed by atoms with Crippen molar-refractivity contribution in [3.63, 3.8) is 0 Å². The molecule has 2 heterocycles. The van der Waals surface area contributed by atoms with Gasteiger partial charge in [0.05, 0.1) is 50.8 Å². The minimum absolute atomic E-state index is 0.0828. The highest BCUT2D eigenvalue weighted by Crippen LogP contribution is 2.41. The van der Waals surface area contributed by atoms with Crippen molar-refractivity contribution >= 4 is 53.5 Å². The highest BCUT2D eigenvalue weighted by molar-refractivity contribution is 8.00. The second-order valence-corrected chi connectivity index (χ2v) is 19.4. The summed E-state index contributed by atoms with van der Waals surface area (Å²) in [7, 11) is 1.26. The summed E-state index contributed by atoms with van der Waals surface area (Å²) in [5.74, 6) is -6.05. The first-order valence-electron chi connectivity index (χ1n) is 25.3. The molecule has 2 fully saturated rings. The van der Waals surface area contributed by atoms with Gasteiger partial charge in [0, 0.05) is 7.11 Å². The number of carbonyl (C=O) groups excluding carboxylic acids is 7. The van der Waals surface area contributed by atoms with Crippen LogP contribution < -0.4 is 0 Å². The molecule has 0 aliphatic carbocycles. The fourth-order valence-electron chi connectivity index (χ4n) is 8.75. The van der Waals surface area contributed by atoms with E-state index in [1.807, 2.05) is 0 Å². The molecule has 0 bridgehead atoms. The lowest BCUT2D eigenvalue weighted by molar-refractivity contribution is -0.295. The Morgan fingerprint density at radius 3 is 0.988 bits per heavy atom. The van der Waals surface area contributed by atoms with Crippen molar-refractivity contribution in [1.82, 2.24) is 0 Å². The average molecular weight is 1100 g/mol. The van der Waals surface area contributed by atoms with Crippen molar-refractivity contribution in [2.45, 2.75) is 59.7 Å². The van der Waals surface area contributed by atoms with Crippen molar-refractivity contribution in [2.24, 2.45) is 0 Å². The van der Waals surface area contributed by atoms with Gasteiger partial charge in [0.2, 0.25) is 0 Å². The summed E-state index contributed by atoms with van der Waals surface area (Å²) < 4.78 is 62.4. The predicted octanol–water partition coefficient (Wildman–Crippen LogP) is 9.03. The molecule has 80 heavy (non-hydrogen) atoms. The summed E-state index contributed by atoms with van der Waals surface area (Å²) in [6.45, 7) is -1.11. The van der Waals surface area contributed by atoms with Crippen molar-refractivity contribution in [1.29, 1.82) is 0 Å². The Kier molecular flexibility index (Phi) is 18.9. The van der Waals surface area contributed by atoms with Crippen LogP contribution in [-0.4, -0.2) is 122 Å². The molecule has 2 saturated heterocycles. The van der Waals surface area contributed by atoms with Crippen molar-refractivity contribution in [3.05, 3.63) is 251 Å². The zero-order chi connectivity index (χ0) is 55.8. The van der Waals surface area contributed by atoms with Crippen molar-refractivity contribution in [2.75, 3.05) is 20.3 Å². The number of thioether (sulfide) groups is 1. The van der Waals surface area contributed by atoms with Crippen LogP contribution in [-0.2, 0) is 47.4 Å². The van der Waals surface area contributed by atoms with Crippen LogP contribution in [0.3, 0.4) is 0 Å². The molecule has 0 unspecified atom stereocenters. The van der Waals surface area contributed by atoms with Gasteiger partial charge < -0.3 is 47.4 Å². The predicted molar refractivity (Wildman–Crippen MR) is 287 cm³/mol. The van der Waals surface area contributed by atoms with Crippen LogP contribution in [0.25, 0.3) is 0 Å². The van der Waals surface area contributed by atoms with Gasteiger partial charge in [-0.2, -0.15) is 0 Å². The topological polar surface area (TPSA) is 212 Å². The third kappa shape index (κ3) is 14.0. The van der Waals surface area contributed by atoms with Crippen molar-refractivity contribution < 1.29 is 80.9 Å². The van der Waals surface area contributed by atoms with Crippen LogP contribution >= 0.6 is 11.8 Å². The number of hydrogen-bond acceptors (Lipinski definition) is 18. The quantitative estimate of drug-likeness (QED) is 0.0546. The summed E-state index contributed by atoms with van der Waals surface area (Å²) >= 11 is 0.914. The summed E-state index contributed by atoms with van der Waals surface area (Å²) in [6, 6.07) is 55.8. The minimum Gasteiger partial charge on any atom is -0.461 e. The molecule has 10 atom stereocenters. The second-order valence-electron chi connectivity index (χ2n) is 18.0. The third-order valence-corrected chi connectivity index (χ3v) is 14.2. The molecule has 2 aliphatic heterocycles. The van der Waals surface area contributed by atoms with E-state index < -0.39 is 115 Å². The standard InChI is InChI=1S/C62H52O17S/c1-70-61-52(78-59(68)44-33-19-7-20-34-44)50(76-57(66)42-29-15-5-16-30-42)48(74-55(64)40-25-11-3-12-26-40)46(73-61)37-72-62-53(79-60(69)45-35-21-8-22-36-45)51(77-58(67)43-31-17-6-18-32-43)49(75-56(65)41-27-13-4-14-28-41)47(80-62)38-71-54(63)39-23-9-2-10-24-39/h2-36,46-53,61-62H,37-38H2,1H3/t46-,47-,48+,49-,50+,51+,52-,53-,61-,62-/m1/s1. The Bertz CT molecular complexity index is 3190. The minimum atomic E-state index is -1.71. The number of benzene rings is 7. The molecule has 0 radical (unpaired) electrons. The first kappa shape index (κ1) is 55.8. The molecule has 0 aromatic heterocycles. The zero-order valence-electron chi connectivity index (χ0n) is 42.7. The van der Waals surface area contributed by atoms with E-state index in [1.165, 1.54) is 79.9 Å². The number of carbonyl (C=O) groups is 7. The maximum absolute atomic E-state index is 14.4. The molecule has 18 heteroatoms. The maximum Gasteiger partial charge on any atom is 0.338 e. The normalized spacial score (nSPS) is 22.3. The average Bonchev–Trinajstić information content (AvgIpc) is 3.71. The summed E-state index contributed by atoms with van der Waals surface area (Å²) in [5.41, 5.74) is -0.632. The van der Waals surface area contributed by atoms with Crippen molar-refractivity contribution in [3.8, 4) is 0 Å². The Morgan fingerprint density at radius 2 is 0.637 bits per heavy atom. The van der Waals surface area contributed by atoms with Gasteiger partial charge in [-0.15, -0.1) is 11.8 Å². The number of rotatable bonds is 19. The first-order chi connectivity index (χ1) is 39.0. The summed E-state index contributed by atoms with van der Waals surface area (Å²) in [6.07, 6.45) is -12.8. The molecular weight excluding hydrogens is 1050 g/mol. The van der Waals surface area contributed by atoms with Crippen LogP contribution in [0.5, 0.6) is 0 Å². The fraction of sp³-hybridized carbons (Fsp3) is 0.210. The van der Waals surface area contributed by atoms with Crippen LogP contribution in [0.15, 0.2) is 212 Å². The van der Waals surface area contributed by atoms with Gasteiger partial charge in [-0.05, 0) is 84.9 Å². The largest absolute Gasteiger partial charge is 0.461 e. The van der Waals surface area contributed by atoms with Gasteiger partial charge in [0.25, 0.3) is 0 Å². The van der Waals surface area contributed by atoms with Gasteiger partial charge >= 0.3 is 41.8 Å². The van der Waals surface area contributed by atoms with E-state index in [9.17, 15) is 33.6 Å². The Labute approximate surface area is 463 Å². The molecule has 0 amide bonds. The highest BCUT2D eigenvalue weighted by atomic mass is 32.2. The number of hydrogen-bond donors (Lipinski definition) is 0. The van der Waals surface area contributed by atoms with Gasteiger partial charge in [-0.1, -0.05) is 127 Å². The third-order valence-electron chi connectivity index (χ3n) is 12.7. The van der Waals surface area contributed by atoms with Crippen LogP contribution in [0.1, 0.15) is 72.5 Å². The van der Waals surface area contributed by atoms with Gasteiger partial charge in [0.15, 0.2) is 42.9 Å². The highest BCUT2D eigenvalue weighted by Gasteiger charge is 2.56. The smallest absolute Gasteiger partial charge is 0.338 e. The first-order valence-corrected chi connectivity index (χ1v) is 26.2. The molecule has 0 saturated carbocycles. The zero-order valence-corrected chi connectivity index (χ0v) is 43.6. The Morgan fingerprint density at radius 1 is 0.350 bits per heavy atom. The molecule has 408 valence electrons. The molecular formula is C62H52O17S. The molecule has 17 nitrogen and oxygen atoms in total. The summed E-state index contributed by atoms with van der Waals surface area (Å²) in [4.78, 5) is 98.9. The molecule has 7 aromatic rings. The Balaban J connectivity index is 1.13. The maximum atomic E-state index is 14.4. The lowest BCUT2D eigenvalue weighted by Crippen LogP contribution is -2.63. The van der Waals surface area contributed by atoms with Crippen LogP contribution in [0.2, 0.25) is 0 Å². The fourth-order valence-corrected chi connectivity index (χ4v) is 10.1. The number of ether oxygens (including phenoxy) is 10. The van der Waals surface area contributed by atoms with E-state index in [1.54, 1.807) is 140 Å². The molecule has 0 spiro atoms. The number of methoxy groups -OCH3 is 1. The summed E-state index contributed by atoms with van der Waals surface area (Å²) in [5, 5.41) is -1.15. The molecule has 9 rings (SSSR count). The lowest BCUT2D eigenvalue weighted by Gasteiger charge is -2.46. The van der Waals surface area contributed by atoms with E-state index >= 15 is 0 Å². The van der Waals surface area contributed by atoms with E-state index in [4.69, 9.17) is 47.4 Å². The van der Waals surface area contributed by atoms with E-state index in [0.717, 1.165) is 11.8 Å². The lowest BCUT2D eigenvalue weighted by atomic mass is 9.97. The van der Waals surface area contributed by atoms with E-state index in [0.29, 0.717) is 0 Å². The molecule has 2 aliphatic rings. The molecule has 7 aromatic carbocycles. The molecule has 0 N–H and O–H groups in total. The Hall–Kier alpha value is -8.94. The van der Waals surface area contributed by atoms with E-state index in [2.05, 4.69) is 0 Å². The number of esters is 7. The van der Waals surface area contributed by atoms with Crippen LogP contribution in [0, 0.1) is 0 Å². The van der Waals surface area contributed by atoms with Crippen LogP contribution in [0.4, 0.5) is 0 Å². The monoisotopic (exact) mass is 1100 g/mol. The van der Waals surface area contributed by atoms with Gasteiger partial charge in [-0.3, -0.25) is 0 Å². The SMILES string of the molecule is CO[C@@H]1O[C@H](CO[C@@H]2S[C@H](COC(=O)c3ccccc3)[C@@H](OC(=O)c3ccccc3)[C@H](OC(=O)c3ccccc3)[C@H]2OC(=O)c2ccccc2)[C@H](OC(=O)c2ccccc2)[C@H](OC(=O)c2ccccc2)[C@H]1OC(=O)c1ccccc1. The van der Waals surface area contributed by atoms with Gasteiger partial charge in [0.1, 0.15) is 18.1 Å². The second kappa shape index (κ2) is 27.1. The van der Waals surface area contributed by atoms with E-state index in [-0.39, 0.29) is 38.9 Å².